The van der Waals surface area contributed by atoms with E-state index in [0.29, 0.717) is 18.5 Å². The van der Waals surface area contributed by atoms with Crippen molar-refractivity contribution in [3.8, 4) is 0 Å². The first-order valence-corrected chi connectivity index (χ1v) is 11.1. The number of Topliss-reactive ketones (excluding diaryl/α,β-unsaturated/α-hetero) is 1. The molecule has 0 bridgehead atoms. The first-order valence-electron chi connectivity index (χ1n) is 9.61. The molecule has 1 aliphatic heterocycles. The minimum absolute atomic E-state index is 0.108. The molecular weight excluding hydrogens is 393 g/mol. The number of halogens is 1. The first-order chi connectivity index (χ1) is 13.8. The van der Waals surface area contributed by atoms with Crippen LogP contribution in [0.25, 0.3) is 0 Å². The summed E-state index contributed by atoms with van der Waals surface area (Å²) >= 11 is 0. The van der Waals surface area contributed by atoms with Gasteiger partial charge in [-0.25, -0.2) is 17.1 Å². The summed E-state index contributed by atoms with van der Waals surface area (Å²) in [7, 11) is -2.09. The zero-order valence-corrected chi connectivity index (χ0v) is 17.4. The largest absolute Gasteiger partial charge is 0.295 e. The van der Waals surface area contributed by atoms with Gasteiger partial charge in [0.25, 0.3) is 0 Å². The minimum Gasteiger partial charge on any atom is -0.295 e. The summed E-state index contributed by atoms with van der Waals surface area (Å²) in [6.07, 6.45) is 2.35. The smallest absolute Gasteiger partial charge is 0.242 e. The van der Waals surface area contributed by atoms with Gasteiger partial charge >= 0.3 is 0 Å². The number of carbonyl (C=O) groups excluding carboxylic acids is 1. The zero-order chi connectivity index (χ0) is 21.0. The Morgan fingerprint density at radius 3 is 2.59 bits per heavy atom. The number of ketones is 1. The van der Waals surface area contributed by atoms with Gasteiger partial charge in [-0.15, -0.1) is 0 Å². The van der Waals surface area contributed by atoms with Crippen molar-refractivity contribution in [1.29, 1.82) is 0 Å². The van der Waals surface area contributed by atoms with Gasteiger partial charge in [0.15, 0.2) is 5.78 Å². The average molecular weight is 420 g/mol. The summed E-state index contributed by atoms with van der Waals surface area (Å²) < 4.78 is 39.9. The van der Waals surface area contributed by atoms with Crippen LogP contribution in [0.5, 0.6) is 0 Å². The molecule has 29 heavy (non-hydrogen) atoms. The number of hydrazine groups is 1. The Morgan fingerprint density at radius 1 is 1.17 bits per heavy atom. The molecular formula is C21H26FN3O3S. The predicted octanol–water partition coefficient (Wildman–Crippen LogP) is 3.04. The van der Waals surface area contributed by atoms with E-state index in [1.807, 2.05) is 0 Å². The molecule has 2 unspecified atom stereocenters. The maximum atomic E-state index is 13.1. The third kappa shape index (κ3) is 5.27. The minimum atomic E-state index is -3.64. The van der Waals surface area contributed by atoms with Crippen molar-refractivity contribution in [2.75, 3.05) is 13.6 Å². The molecule has 8 heteroatoms. The Morgan fingerprint density at radius 2 is 1.90 bits per heavy atom. The Hall–Kier alpha value is -2.13. The molecule has 2 N–H and O–H groups in total. The summed E-state index contributed by atoms with van der Waals surface area (Å²) in [6.45, 7) is 1.79. The van der Waals surface area contributed by atoms with Crippen LogP contribution in [0.4, 0.5) is 4.39 Å². The van der Waals surface area contributed by atoms with Gasteiger partial charge in [-0.2, -0.15) is 0 Å². The lowest BCUT2D eigenvalue weighted by molar-refractivity contribution is 0.101. The van der Waals surface area contributed by atoms with Crippen LogP contribution in [0.15, 0.2) is 53.4 Å². The molecule has 1 aliphatic rings. The molecule has 0 aliphatic carbocycles. The highest BCUT2D eigenvalue weighted by atomic mass is 32.2. The van der Waals surface area contributed by atoms with Gasteiger partial charge in [0, 0.05) is 31.2 Å². The van der Waals surface area contributed by atoms with Gasteiger partial charge < -0.3 is 0 Å². The number of nitrogens with one attached hydrogen (secondary N) is 2. The van der Waals surface area contributed by atoms with Crippen LogP contribution in [0.3, 0.4) is 0 Å². The number of carbonyl (C=O) groups is 1. The van der Waals surface area contributed by atoms with E-state index in [1.165, 1.54) is 35.5 Å². The van der Waals surface area contributed by atoms with Gasteiger partial charge in [-0.05, 0) is 56.0 Å². The summed E-state index contributed by atoms with van der Waals surface area (Å²) in [5.74, 6) is -0.422. The zero-order valence-electron chi connectivity index (χ0n) is 16.6. The maximum absolute atomic E-state index is 13.1. The molecule has 2 atom stereocenters. The van der Waals surface area contributed by atoms with Crippen molar-refractivity contribution >= 4 is 15.8 Å². The highest BCUT2D eigenvalue weighted by Gasteiger charge is 2.26. The van der Waals surface area contributed by atoms with Crippen LogP contribution in [-0.2, 0) is 10.0 Å². The van der Waals surface area contributed by atoms with E-state index in [1.54, 1.807) is 31.3 Å². The molecule has 6 nitrogen and oxygen atoms in total. The van der Waals surface area contributed by atoms with Gasteiger partial charge in [-0.3, -0.25) is 15.6 Å². The van der Waals surface area contributed by atoms with Gasteiger partial charge in [0.2, 0.25) is 10.0 Å². The van der Waals surface area contributed by atoms with Crippen molar-refractivity contribution in [3.63, 3.8) is 0 Å². The average Bonchev–Trinajstić information content (AvgIpc) is 3.17. The van der Waals surface area contributed by atoms with E-state index in [9.17, 15) is 17.6 Å². The topological polar surface area (TPSA) is 78.5 Å². The highest BCUT2D eigenvalue weighted by molar-refractivity contribution is 7.89. The predicted molar refractivity (Wildman–Crippen MR) is 109 cm³/mol. The Kier molecular flexibility index (Phi) is 6.79. The second-order valence-corrected chi connectivity index (χ2v) is 9.42. The van der Waals surface area contributed by atoms with Crippen LogP contribution in [0.2, 0.25) is 0 Å². The van der Waals surface area contributed by atoms with E-state index in [-0.39, 0.29) is 28.6 Å². The molecule has 1 heterocycles. The van der Waals surface area contributed by atoms with Crippen LogP contribution in [-0.4, -0.2) is 38.1 Å². The van der Waals surface area contributed by atoms with E-state index in [2.05, 4.69) is 10.9 Å². The monoisotopic (exact) mass is 419 g/mol. The van der Waals surface area contributed by atoms with Crippen LogP contribution in [0, 0.1) is 5.82 Å². The lowest BCUT2D eigenvalue weighted by atomic mass is 10.00. The number of hydrogen-bond donors (Lipinski definition) is 2. The van der Waals surface area contributed by atoms with Crippen molar-refractivity contribution < 1.29 is 17.6 Å². The second kappa shape index (κ2) is 9.13. The molecule has 0 aromatic heterocycles. The van der Waals surface area contributed by atoms with E-state index in [0.717, 1.165) is 18.4 Å². The number of sulfonamides is 1. The Labute approximate surface area is 171 Å². The Balaban J connectivity index is 1.52. The molecule has 0 radical (unpaired) electrons. The van der Waals surface area contributed by atoms with E-state index >= 15 is 0 Å². The number of benzene rings is 2. The highest BCUT2D eigenvalue weighted by Crippen LogP contribution is 2.24. The molecule has 0 saturated carbocycles. The van der Waals surface area contributed by atoms with Crippen molar-refractivity contribution in [2.45, 2.75) is 43.2 Å². The van der Waals surface area contributed by atoms with Crippen LogP contribution < -0.4 is 10.9 Å². The third-order valence-corrected chi connectivity index (χ3v) is 7.08. The lowest BCUT2D eigenvalue weighted by Gasteiger charge is -2.18. The molecule has 0 spiro atoms. The third-order valence-electron chi connectivity index (χ3n) is 5.23. The molecule has 1 fully saturated rings. The second-order valence-electron chi connectivity index (χ2n) is 7.38. The molecule has 1 saturated heterocycles. The number of rotatable bonds is 8. The first kappa shape index (κ1) is 21.6. The summed E-state index contributed by atoms with van der Waals surface area (Å²) in [6, 6.07) is 12.9. The van der Waals surface area contributed by atoms with Gasteiger partial charge in [-0.1, -0.05) is 24.3 Å². The molecule has 2 aromatic rings. The normalized spacial score (nSPS) is 19.6. The lowest BCUT2D eigenvalue weighted by Crippen LogP contribution is -2.32. The van der Waals surface area contributed by atoms with Crippen molar-refractivity contribution in [2.24, 2.45) is 0 Å². The fourth-order valence-electron chi connectivity index (χ4n) is 3.46. The standard InChI is InChI=1S/C21H26FN3O3S/c1-15(26)17-5-3-7-20(13-17)29(27,28)25(2)12-4-6-19-14-21(24-23-19)16-8-10-18(22)11-9-16/h3,5,7-11,13,19,21,23-24H,4,6,12,14H2,1-2H3. The SMILES string of the molecule is CC(=O)c1cccc(S(=O)(=O)N(C)CCCC2CC(c3ccc(F)cc3)NN2)c1. The maximum Gasteiger partial charge on any atom is 0.242 e. The summed E-state index contributed by atoms with van der Waals surface area (Å²) in [5, 5.41) is 0. The number of hydrogen-bond acceptors (Lipinski definition) is 5. The van der Waals surface area contributed by atoms with Crippen molar-refractivity contribution in [3.05, 3.63) is 65.5 Å². The summed E-state index contributed by atoms with van der Waals surface area (Å²) in [4.78, 5) is 11.6. The molecule has 3 rings (SSSR count). The molecule has 2 aromatic carbocycles. The van der Waals surface area contributed by atoms with Crippen LogP contribution in [0.1, 0.15) is 48.1 Å². The molecule has 156 valence electrons. The van der Waals surface area contributed by atoms with E-state index in [4.69, 9.17) is 0 Å². The van der Waals surface area contributed by atoms with Gasteiger partial charge in [0.1, 0.15) is 5.82 Å². The Bertz CT molecular complexity index is 963. The fraction of sp³-hybridized carbons (Fsp3) is 0.381. The van der Waals surface area contributed by atoms with E-state index < -0.39 is 10.0 Å². The fourth-order valence-corrected chi connectivity index (χ4v) is 4.72. The van der Waals surface area contributed by atoms with Gasteiger partial charge in [0.05, 0.1) is 4.90 Å². The quantitative estimate of drug-likeness (QED) is 0.643. The number of nitrogens with zero attached hydrogens (tertiary/aromatic N) is 1. The summed E-state index contributed by atoms with van der Waals surface area (Å²) in [5.41, 5.74) is 7.85. The molecule has 0 amide bonds. The van der Waals surface area contributed by atoms with Crippen molar-refractivity contribution in [1.82, 2.24) is 15.2 Å². The van der Waals surface area contributed by atoms with Crippen LogP contribution >= 0.6 is 0 Å².